The molecule has 0 heterocycles. The van der Waals surface area contributed by atoms with E-state index in [4.69, 9.17) is 23.2 Å². The van der Waals surface area contributed by atoms with Crippen LogP contribution in [-0.2, 0) is 0 Å². The van der Waals surface area contributed by atoms with Crippen LogP contribution in [0.3, 0.4) is 0 Å². The summed E-state index contributed by atoms with van der Waals surface area (Å²) < 4.78 is 0. The summed E-state index contributed by atoms with van der Waals surface area (Å²) in [5, 5.41) is 15.5. The Balaban J connectivity index is 2.08. The Bertz CT molecular complexity index is 637. The number of hydrogen-bond acceptors (Lipinski definition) is 4. The largest absolute Gasteiger partial charge is 0.278 e. The molecule has 0 saturated heterocycles. The lowest BCUT2D eigenvalue weighted by atomic mass is 10.2. The molecule has 0 amide bonds. The quantitative estimate of drug-likeness (QED) is 0.518. The van der Waals surface area contributed by atoms with Crippen LogP contribution >= 0.6 is 23.2 Å². The van der Waals surface area contributed by atoms with Crippen molar-refractivity contribution in [3.63, 3.8) is 0 Å². The number of hydrogen-bond donors (Lipinski definition) is 1. The molecule has 0 unspecified atom stereocenters. The van der Waals surface area contributed by atoms with Crippen LogP contribution < -0.4 is 5.43 Å². The van der Waals surface area contributed by atoms with E-state index in [-0.39, 0.29) is 5.69 Å². The van der Waals surface area contributed by atoms with E-state index in [9.17, 15) is 10.1 Å². The maximum atomic E-state index is 10.5. The predicted molar refractivity (Wildman–Crippen MR) is 80.8 cm³/mol. The second-order valence-electron chi connectivity index (χ2n) is 3.81. The molecule has 0 aliphatic heterocycles. The van der Waals surface area contributed by atoms with Gasteiger partial charge < -0.3 is 0 Å². The number of benzene rings is 2. The van der Waals surface area contributed by atoms with E-state index in [1.54, 1.807) is 30.3 Å². The molecule has 2 rings (SSSR count). The van der Waals surface area contributed by atoms with Gasteiger partial charge >= 0.3 is 0 Å². The van der Waals surface area contributed by atoms with Gasteiger partial charge in [-0.05, 0) is 24.3 Å². The number of rotatable bonds is 4. The zero-order valence-corrected chi connectivity index (χ0v) is 11.6. The highest BCUT2D eigenvalue weighted by atomic mass is 35.5. The summed E-state index contributed by atoms with van der Waals surface area (Å²) in [4.78, 5) is 10.1. The lowest BCUT2D eigenvalue weighted by Gasteiger charge is -2.02. The standard InChI is InChI=1S/C13H9Cl2N3O2/c14-12-2-1-3-13(15)11(12)8-16-17-9-4-6-10(7-5-9)18(19)20/h1-8,17H/b16-8-. The molecule has 0 bridgehead atoms. The summed E-state index contributed by atoms with van der Waals surface area (Å²) in [6, 6.07) is 11.1. The first-order chi connectivity index (χ1) is 9.58. The molecule has 0 aromatic heterocycles. The van der Waals surface area contributed by atoms with Crippen LogP contribution in [0.2, 0.25) is 10.0 Å². The highest BCUT2D eigenvalue weighted by Gasteiger charge is 2.04. The fraction of sp³-hybridized carbons (Fsp3) is 0. The van der Waals surface area contributed by atoms with E-state index < -0.39 is 4.92 Å². The highest BCUT2D eigenvalue weighted by Crippen LogP contribution is 2.22. The van der Waals surface area contributed by atoms with Crippen molar-refractivity contribution in [3.05, 3.63) is 68.2 Å². The lowest BCUT2D eigenvalue weighted by molar-refractivity contribution is -0.384. The number of anilines is 1. The zero-order chi connectivity index (χ0) is 14.5. The van der Waals surface area contributed by atoms with Crippen molar-refractivity contribution in [1.82, 2.24) is 0 Å². The normalized spacial score (nSPS) is 10.7. The second-order valence-corrected chi connectivity index (χ2v) is 4.62. The Morgan fingerprint density at radius 1 is 1.10 bits per heavy atom. The molecule has 2 aromatic rings. The monoisotopic (exact) mass is 309 g/mol. The van der Waals surface area contributed by atoms with E-state index in [0.717, 1.165) is 0 Å². The third kappa shape index (κ3) is 3.46. The van der Waals surface area contributed by atoms with Gasteiger partial charge in [0.15, 0.2) is 0 Å². The Morgan fingerprint density at radius 3 is 2.25 bits per heavy atom. The van der Waals surface area contributed by atoms with E-state index in [0.29, 0.717) is 21.3 Å². The Kier molecular flexibility index (Phi) is 4.55. The average Bonchev–Trinajstić information content (AvgIpc) is 2.42. The second kappa shape index (κ2) is 6.36. The maximum Gasteiger partial charge on any atom is 0.269 e. The van der Waals surface area contributed by atoms with Crippen LogP contribution in [0, 0.1) is 10.1 Å². The zero-order valence-electron chi connectivity index (χ0n) is 10.1. The Morgan fingerprint density at radius 2 is 1.70 bits per heavy atom. The molecule has 7 heteroatoms. The number of nitrogens with one attached hydrogen (secondary N) is 1. The van der Waals surface area contributed by atoms with Crippen LogP contribution in [0.25, 0.3) is 0 Å². The molecule has 0 aliphatic carbocycles. The summed E-state index contributed by atoms with van der Waals surface area (Å²) in [6.45, 7) is 0. The summed E-state index contributed by atoms with van der Waals surface area (Å²) in [5.74, 6) is 0. The lowest BCUT2D eigenvalue weighted by Crippen LogP contribution is -1.93. The van der Waals surface area contributed by atoms with Crippen molar-refractivity contribution >= 4 is 40.8 Å². The molecule has 0 fully saturated rings. The third-order valence-electron chi connectivity index (χ3n) is 2.47. The summed E-state index contributed by atoms with van der Waals surface area (Å²) in [7, 11) is 0. The number of nitrogens with zero attached hydrogens (tertiary/aromatic N) is 2. The van der Waals surface area contributed by atoms with Gasteiger partial charge in [-0.3, -0.25) is 15.5 Å². The van der Waals surface area contributed by atoms with Gasteiger partial charge in [0.05, 0.1) is 26.9 Å². The first kappa shape index (κ1) is 14.3. The van der Waals surface area contributed by atoms with Gasteiger partial charge in [-0.25, -0.2) is 0 Å². The van der Waals surface area contributed by atoms with E-state index in [2.05, 4.69) is 10.5 Å². The first-order valence-electron chi connectivity index (χ1n) is 5.55. The van der Waals surface area contributed by atoms with Gasteiger partial charge in [-0.15, -0.1) is 0 Å². The topological polar surface area (TPSA) is 67.5 Å². The van der Waals surface area contributed by atoms with E-state index >= 15 is 0 Å². The molecule has 0 spiro atoms. The number of hydrazone groups is 1. The van der Waals surface area contributed by atoms with Crippen molar-refractivity contribution in [2.24, 2.45) is 5.10 Å². The average molecular weight is 310 g/mol. The van der Waals surface area contributed by atoms with Gasteiger partial charge in [0.2, 0.25) is 0 Å². The van der Waals surface area contributed by atoms with Crippen molar-refractivity contribution in [2.45, 2.75) is 0 Å². The van der Waals surface area contributed by atoms with Gasteiger partial charge in [0.25, 0.3) is 5.69 Å². The molecule has 0 atom stereocenters. The summed E-state index contributed by atoms with van der Waals surface area (Å²) in [6.07, 6.45) is 1.49. The SMILES string of the molecule is O=[N+]([O-])c1ccc(N/N=C\c2c(Cl)cccc2Cl)cc1. The number of nitro groups is 1. The fourth-order valence-corrected chi connectivity index (χ4v) is 1.96. The molecule has 102 valence electrons. The Labute approximate surface area is 125 Å². The van der Waals surface area contributed by atoms with E-state index in [1.165, 1.54) is 18.3 Å². The number of halogens is 2. The number of non-ortho nitro benzene ring substituents is 1. The van der Waals surface area contributed by atoms with Crippen molar-refractivity contribution in [1.29, 1.82) is 0 Å². The summed E-state index contributed by atoms with van der Waals surface area (Å²) >= 11 is 12.0. The van der Waals surface area contributed by atoms with Gasteiger partial charge in [0, 0.05) is 17.7 Å². The highest BCUT2D eigenvalue weighted by molar-refractivity contribution is 6.38. The number of nitro benzene ring substituents is 1. The maximum absolute atomic E-state index is 10.5. The molecule has 5 nitrogen and oxygen atoms in total. The van der Waals surface area contributed by atoms with Gasteiger partial charge in [-0.2, -0.15) is 5.10 Å². The van der Waals surface area contributed by atoms with Crippen LogP contribution in [0.15, 0.2) is 47.6 Å². The third-order valence-corrected chi connectivity index (χ3v) is 3.12. The molecule has 1 N–H and O–H groups in total. The van der Waals surface area contributed by atoms with Gasteiger partial charge in [-0.1, -0.05) is 29.3 Å². The molecule has 0 saturated carbocycles. The molecular formula is C13H9Cl2N3O2. The van der Waals surface area contributed by atoms with Crippen LogP contribution in [-0.4, -0.2) is 11.1 Å². The fourth-order valence-electron chi connectivity index (χ4n) is 1.46. The van der Waals surface area contributed by atoms with E-state index in [1.807, 2.05) is 0 Å². The van der Waals surface area contributed by atoms with Crippen LogP contribution in [0.1, 0.15) is 5.56 Å². The van der Waals surface area contributed by atoms with Crippen molar-refractivity contribution in [3.8, 4) is 0 Å². The smallest absolute Gasteiger partial charge is 0.269 e. The molecule has 0 radical (unpaired) electrons. The Hall–Kier alpha value is -2.11. The first-order valence-corrected chi connectivity index (χ1v) is 6.31. The minimum Gasteiger partial charge on any atom is -0.278 e. The minimum absolute atomic E-state index is 0.0219. The van der Waals surface area contributed by atoms with Crippen LogP contribution in [0.5, 0.6) is 0 Å². The van der Waals surface area contributed by atoms with Crippen LogP contribution in [0.4, 0.5) is 11.4 Å². The van der Waals surface area contributed by atoms with Gasteiger partial charge in [0.1, 0.15) is 0 Å². The predicted octanol–water partition coefficient (Wildman–Crippen LogP) is 4.35. The molecule has 20 heavy (non-hydrogen) atoms. The van der Waals surface area contributed by atoms with Crippen molar-refractivity contribution < 1.29 is 4.92 Å². The molecule has 2 aromatic carbocycles. The summed E-state index contributed by atoms with van der Waals surface area (Å²) in [5.41, 5.74) is 3.99. The molecular weight excluding hydrogens is 301 g/mol. The van der Waals surface area contributed by atoms with Crippen molar-refractivity contribution in [2.75, 3.05) is 5.43 Å². The minimum atomic E-state index is -0.462. The molecule has 0 aliphatic rings.